The van der Waals surface area contributed by atoms with E-state index in [2.05, 4.69) is 4.90 Å². The quantitative estimate of drug-likeness (QED) is 0.433. The van der Waals surface area contributed by atoms with Gasteiger partial charge in [-0.3, -0.25) is 4.79 Å². The molecular formula is C28H30ClNO2. The summed E-state index contributed by atoms with van der Waals surface area (Å²) >= 11 is 5.91. The lowest BCUT2D eigenvalue weighted by atomic mass is 9.72. The number of ketones is 1. The molecule has 3 aromatic carbocycles. The second-order valence-corrected chi connectivity index (χ2v) is 9.08. The summed E-state index contributed by atoms with van der Waals surface area (Å²) in [5.41, 5.74) is 1.65. The monoisotopic (exact) mass is 447 g/mol. The number of Topliss-reactive ketones (excluding diaryl/α,β-unsaturated/α-hetero) is 1. The van der Waals surface area contributed by atoms with Crippen molar-refractivity contribution in [1.29, 1.82) is 0 Å². The van der Waals surface area contributed by atoms with Gasteiger partial charge in [0.1, 0.15) is 5.60 Å². The van der Waals surface area contributed by atoms with E-state index in [-0.39, 0.29) is 11.7 Å². The number of hydrogen-bond donors (Lipinski definition) is 1. The molecule has 0 radical (unpaired) electrons. The summed E-state index contributed by atoms with van der Waals surface area (Å²) in [4.78, 5) is 14.8. The maximum Gasteiger partial charge on any atom is 0.162 e. The first kappa shape index (κ1) is 22.7. The first-order valence-electron chi connectivity index (χ1n) is 11.4. The summed E-state index contributed by atoms with van der Waals surface area (Å²) in [5.74, 6) is 0.318. The lowest BCUT2D eigenvalue weighted by molar-refractivity contribution is -0.0142. The Balaban J connectivity index is 1.35. The van der Waals surface area contributed by atoms with Crippen molar-refractivity contribution in [3.8, 4) is 0 Å². The van der Waals surface area contributed by atoms with E-state index in [0.29, 0.717) is 11.4 Å². The molecule has 0 atom stereocenters. The lowest BCUT2D eigenvalue weighted by Crippen LogP contribution is -2.44. The van der Waals surface area contributed by atoms with E-state index >= 15 is 0 Å². The topological polar surface area (TPSA) is 40.5 Å². The van der Waals surface area contributed by atoms with Gasteiger partial charge in [-0.15, -0.1) is 0 Å². The fraction of sp³-hybridized carbons (Fsp3) is 0.321. The Labute approximate surface area is 195 Å². The number of halogens is 1. The van der Waals surface area contributed by atoms with Crippen molar-refractivity contribution in [2.75, 3.05) is 19.6 Å². The summed E-state index contributed by atoms with van der Waals surface area (Å²) in [6.07, 6.45) is 3.23. The average Bonchev–Trinajstić information content (AvgIpc) is 2.85. The van der Waals surface area contributed by atoms with Gasteiger partial charge < -0.3 is 10.0 Å². The molecule has 1 heterocycles. The number of rotatable bonds is 8. The van der Waals surface area contributed by atoms with Gasteiger partial charge in [-0.2, -0.15) is 0 Å². The van der Waals surface area contributed by atoms with Gasteiger partial charge in [-0.1, -0.05) is 72.3 Å². The highest BCUT2D eigenvalue weighted by atomic mass is 35.5. The molecule has 0 bridgehead atoms. The predicted molar refractivity (Wildman–Crippen MR) is 130 cm³/mol. The summed E-state index contributed by atoms with van der Waals surface area (Å²) in [5, 5.41) is 12.6. The molecule has 0 aromatic heterocycles. The van der Waals surface area contributed by atoms with Crippen LogP contribution in [0.3, 0.4) is 0 Å². The van der Waals surface area contributed by atoms with E-state index in [1.54, 1.807) is 24.3 Å². The van der Waals surface area contributed by atoms with E-state index in [9.17, 15) is 9.90 Å². The number of carbonyl (C=O) groups is 1. The Bertz CT molecular complexity index is 957. The van der Waals surface area contributed by atoms with Crippen molar-refractivity contribution in [1.82, 2.24) is 4.90 Å². The molecular weight excluding hydrogens is 418 g/mol. The molecule has 1 fully saturated rings. The van der Waals surface area contributed by atoms with Crippen molar-refractivity contribution in [3.63, 3.8) is 0 Å². The van der Waals surface area contributed by atoms with E-state index < -0.39 is 5.60 Å². The number of hydrogen-bond acceptors (Lipinski definition) is 3. The first-order chi connectivity index (χ1) is 15.6. The van der Waals surface area contributed by atoms with Crippen molar-refractivity contribution >= 4 is 17.4 Å². The zero-order chi connectivity index (χ0) is 22.4. The second kappa shape index (κ2) is 10.4. The smallest absolute Gasteiger partial charge is 0.162 e. The summed E-state index contributed by atoms with van der Waals surface area (Å²) in [6, 6.07) is 27.2. The highest BCUT2D eigenvalue weighted by molar-refractivity contribution is 6.30. The third-order valence-electron chi connectivity index (χ3n) is 6.65. The van der Waals surface area contributed by atoms with Crippen LogP contribution in [0.4, 0.5) is 0 Å². The number of piperidine rings is 1. The van der Waals surface area contributed by atoms with Crippen LogP contribution in [0.25, 0.3) is 0 Å². The van der Waals surface area contributed by atoms with Gasteiger partial charge in [0.15, 0.2) is 5.78 Å². The molecule has 0 amide bonds. The van der Waals surface area contributed by atoms with Crippen molar-refractivity contribution in [3.05, 3.63) is 107 Å². The molecule has 3 aromatic rings. The lowest BCUT2D eigenvalue weighted by Gasteiger charge is -2.42. The fourth-order valence-corrected chi connectivity index (χ4v) is 4.97. The maximum atomic E-state index is 12.4. The molecule has 4 rings (SSSR count). The van der Waals surface area contributed by atoms with E-state index in [1.165, 1.54) is 0 Å². The highest BCUT2D eigenvalue weighted by Gasteiger charge is 2.41. The van der Waals surface area contributed by atoms with Crippen LogP contribution in [0.1, 0.15) is 47.2 Å². The van der Waals surface area contributed by atoms with Gasteiger partial charge in [0.05, 0.1) is 0 Å². The van der Waals surface area contributed by atoms with Crippen LogP contribution in [-0.4, -0.2) is 35.4 Å². The van der Waals surface area contributed by atoms with Crippen LogP contribution in [0.5, 0.6) is 0 Å². The number of aliphatic hydroxyl groups is 1. The van der Waals surface area contributed by atoms with Gasteiger partial charge in [0.25, 0.3) is 0 Å². The van der Waals surface area contributed by atoms with Gasteiger partial charge >= 0.3 is 0 Å². The van der Waals surface area contributed by atoms with Crippen LogP contribution >= 0.6 is 11.6 Å². The van der Waals surface area contributed by atoms with Crippen LogP contribution in [0.2, 0.25) is 5.02 Å². The second-order valence-electron chi connectivity index (χ2n) is 8.65. The van der Waals surface area contributed by atoms with Gasteiger partial charge in [-0.05, 0) is 80.2 Å². The molecule has 1 aliphatic heterocycles. The molecule has 0 unspecified atom stereocenters. The van der Waals surface area contributed by atoms with Gasteiger partial charge in [0, 0.05) is 17.0 Å². The number of nitrogens with zero attached hydrogens (tertiary/aromatic N) is 1. The van der Waals surface area contributed by atoms with E-state index in [4.69, 9.17) is 11.6 Å². The van der Waals surface area contributed by atoms with Gasteiger partial charge in [0.2, 0.25) is 0 Å². The Morgan fingerprint density at radius 3 is 1.94 bits per heavy atom. The molecule has 0 spiro atoms. The zero-order valence-electron chi connectivity index (χ0n) is 18.3. The van der Waals surface area contributed by atoms with E-state index in [0.717, 1.165) is 55.6 Å². The average molecular weight is 448 g/mol. The molecule has 1 aliphatic rings. The molecule has 0 aliphatic carbocycles. The summed E-state index contributed by atoms with van der Waals surface area (Å²) in [7, 11) is 0. The first-order valence-corrected chi connectivity index (χ1v) is 11.8. The molecule has 166 valence electrons. The summed E-state index contributed by atoms with van der Waals surface area (Å²) in [6.45, 7) is 2.77. The van der Waals surface area contributed by atoms with Crippen LogP contribution in [0.15, 0.2) is 84.9 Å². The zero-order valence-corrected chi connectivity index (χ0v) is 19.0. The minimum atomic E-state index is -0.987. The van der Waals surface area contributed by atoms with Crippen LogP contribution in [0, 0.1) is 5.92 Å². The predicted octanol–water partition coefficient (Wildman–Crippen LogP) is 5.95. The van der Waals surface area contributed by atoms with Crippen molar-refractivity contribution in [2.45, 2.75) is 31.3 Å². The standard InChI is InChI=1S/C28H30ClNO2/c29-26-15-13-22(14-16-26)27(31)12-7-19-30-20-17-25(18-21-30)28(32,23-8-3-1-4-9-23)24-10-5-2-6-11-24/h1-6,8-11,13-16,25,32H,7,12,17-21H2. The molecule has 32 heavy (non-hydrogen) atoms. The van der Waals surface area contributed by atoms with Crippen LogP contribution < -0.4 is 0 Å². The van der Waals surface area contributed by atoms with Gasteiger partial charge in [-0.25, -0.2) is 0 Å². The number of benzene rings is 3. The normalized spacial score (nSPS) is 15.6. The largest absolute Gasteiger partial charge is 0.380 e. The Kier molecular flexibility index (Phi) is 7.41. The Morgan fingerprint density at radius 2 is 1.41 bits per heavy atom. The maximum absolute atomic E-state index is 12.4. The molecule has 3 nitrogen and oxygen atoms in total. The number of likely N-dealkylation sites (tertiary alicyclic amines) is 1. The van der Waals surface area contributed by atoms with Crippen molar-refractivity contribution in [2.24, 2.45) is 5.92 Å². The third-order valence-corrected chi connectivity index (χ3v) is 6.90. The van der Waals surface area contributed by atoms with Crippen molar-refractivity contribution < 1.29 is 9.90 Å². The number of carbonyl (C=O) groups excluding carboxylic acids is 1. The molecule has 0 saturated carbocycles. The SMILES string of the molecule is O=C(CCCN1CCC(C(O)(c2ccccc2)c2ccccc2)CC1)c1ccc(Cl)cc1. The summed E-state index contributed by atoms with van der Waals surface area (Å²) < 4.78 is 0. The molecule has 1 N–H and O–H groups in total. The minimum absolute atomic E-state index is 0.152. The third kappa shape index (κ3) is 5.12. The Morgan fingerprint density at radius 1 is 0.875 bits per heavy atom. The fourth-order valence-electron chi connectivity index (χ4n) is 4.84. The van der Waals surface area contributed by atoms with Crippen LogP contribution in [-0.2, 0) is 5.60 Å². The van der Waals surface area contributed by atoms with E-state index in [1.807, 2.05) is 60.7 Å². The Hall–Kier alpha value is -2.46. The molecule has 4 heteroatoms. The minimum Gasteiger partial charge on any atom is -0.380 e. The molecule has 1 saturated heterocycles. The highest BCUT2D eigenvalue weighted by Crippen LogP contribution is 2.41.